The van der Waals surface area contributed by atoms with E-state index in [1.807, 2.05) is 0 Å². The molecular weight excluding hydrogens is 422 g/mol. The summed E-state index contributed by atoms with van der Waals surface area (Å²) in [6.07, 6.45) is -1.03. The van der Waals surface area contributed by atoms with E-state index < -0.39 is 26.0 Å². The van der Waals surface area contributed by atoms with Crippen molar-refractivity contribution in [3.63, 3.8) is 0 Å². The second-order valence-electron chi connectivity index (χ2n) is 6.98. The predicted molar refractivity (Wildman–Crippen MR) is 114 cm³/mol. The highest BCUT2D eigenvalue weighted by molar-refractivity contribution is 7.91. The van der Waals surface area contributed by atoms with E-state index in [1.54, 1.807) is 62.4 Å². The molecule has 0 saturated carbocycles. The lowest BCUT2D eigenvalue weighted by atomic mass is 10.1. The molecule has 0 radical (unpaired) electrons. The van der Waals surface area contributed by atoms with Crippen LogP contribution in [0.2, 0.25) is 0 Å². The number of hydrogen-bond donors (Lipinski definition) is 2. The molecule has 3 aromatic rings. The van der Waals surface area contributed by atoms with Gasteiger partial charge in [-0.1, -0.05) is 54.6 Å². The standard InChI is InChI=1S/C22H23NO5S2/c1-16-13-17(2)22(14-21(16)29(25,26)19-11-7-4-8-12-19)30(27,28)23-15-20(24)18-9-5-3-6-10-18/h3-14,20,23-24H,15H2,1-2H3. The van der Waals surface area contributed by atoms with Crippen molar-refractivity contribution in [2.24, 2.45) is 0 Å². The molecule has 0 amide bonds. The number of aliphatic hydroxyl groups is 1. The maximum Gasteiger partial charge on any atom is 0.240 e. The Labute approximate surface area is 177 Å². The molecule has 6 nitrogen and oxygen atoms in total. The first kappa shape index (κ1) is 22.2. The number of sulfonamides is 1. The van der Waals surface area contributed by atoms with Crippen LogP contribution < -0.4 is 4.72 Å². The topological polar surface area (TPSA) is 101 Å². The van der Waals surface area contributed by atoms with Crippen molar-refractivity contribution in [3.8, 4) is 0 Å². The Morgan fingerprint density at radius 3 is 1.93 bits per heavy atom. The highest BCUT2D eigenvalue weighted by atomic mass is 32.2. The molecule has 3 rings (SSSR count). The van der Waals surface area contributed by atoms with E-state index in [0.717, 1.165) is 0 Å². The summed E-state index contributed by atoms with van der Waals surface area (Å²) < 4.78 is 54.3. The molecule has 3 aromatic carbocycles. The minimum atomic E-state index is -4.05. The molecule has 1 unspecified atom stereocenters. The van der Waals surface area contributed by atoms with E-state index in [2.05, 4.69) is 4.72 Å². The average molecular weight is 446 g/mol. The summed E-state index contributed by atoms with van der Waals surface area (Å²) >= 11 is 0. The van der Waals surface area contributed by atoms with Crippen LogP contribution in [0.15, 0.2) is 87.5 Å². The largest absolute Gasteiger partial charge is 0.387 e. The lowest BCUT2D eigenvalue weighted by Gasteiger charge is -2.16. The molecule has 0 heterocycles. The predicted octanol–water partition coefficient (Wildman–Crippen LogP) is 3.15. The SMILES string of the molecule is Cc1cc(C)c(S(=O)(=O)c2ccccc2)cc1S(=O)(=O)NCC(O)c1ccccc1. The summed E-state index contributed by atoms with van der Waals surface area (Å²) in [5, 5.41) is 10.3. The van der Waals surface area contributed by atoms with Crippen LogP contribution in [0.5, 0.6) is 0 Å². The van der Waals surface area contributed by atoms with Crippen molar-refractivity contribution < 1.29 is 21.9 Å². The van der Waals surface area contributed by atoms with Gasteiger partial charge >= 0.3 is 0 Å². The summed E-state index contributed by atoms with van der Waals surface area (Å²) in [7, 11) is -7.94. The maximum absolute atomic E-state index is 13.0. The second kappa shape index (κ2) is 8.69. The van der Waals surface area contributed by atoms with Gasteiger partial charge in [-0.15, -0.1) is 0 Å². The van der Waals surface area contributed by atoms with Crippen molar-refractivity contribution in [1.82, 2.24) is 4.72 Å². The molecule has 0 aliphatic rings. The van der Waals surface area contributed by atoms with Gasteiger partial charge in [-0.25, -0.2) is 21.6 Å². The van der Waals surface area contributed by atoms with Gasteiger partial charge in [0.2, 0.25) is 19.9 Å². The minimum absolute atomic E-state index is 0.0664. The summed E-state index contributed by atoms with van der Waals surface area (Å²) in [6, 6.07) is 19.3. The maximum atomic E-state index is 13.0. The first-order valence-electron chi connectivity index (χ1n) is 9.27. The van der Waals surface area contributed by atoms with E-state index in [0.29, 0.717) is 16.7 Å². The minimum Gasteiger partial charge on any atom is -0.387 e. The van der Waals surface area contributed by atoms with Crippen molar-refractivity contribution in [1.29, 1.82) is 0 Å². The smallest absolute Gasteiger partial charge is 0.240 e. The highest BCUT2D eigenvalue weighted by Crippen LogP contribution is 2.28. The molecule has 0 bridgehead atoms. The van der Waals surface area contributed by atoms with E-state index in [9.17, 15) is 21.9 Å². The molecule has 2 N–H and O–H groups in total. The van der Waals surface area contributed by atoms with Crippen LogP contribution in [-0.4, -0.2) is 28.5 Å². The third kappa shape index (κ3) is 4.62. The molecule has 0 aliphatic heterocycles. The first-order valence-corrected chi connectivity index (χ1v) is 12.2. The van der Waals surface area contributed by atoms with E-state index in [1.165, 1.54) is 24.3 Å². The van der Waals surface area contributed by atoms with Gasteiger partial charge in [0, 0.05) is 6.54 Å². The van der Waals surface area contributed by atoms with E-state index in [-0.39, 0.29) is 21.2 Å². The number of nitrogens with one attached hydrogen (secondary N) is 1. The highest BCUT2D eigenvalue weighted by Gasteiger charge is 2.25. The molecule has 8 heteroatoms. The molecule has 0 aliphatic carbocycles. The van der Waals surface area contributed by atoms with Gasteiger partial charge in [-0.2, -0.15) is 0 Å². The number of aryl methyl sites for hydroxylation is 2. The van der Waals surface area contributed by atoms with Crippen LogP contribution in [0.3, 0.4) is 0 Å². The number of rotatable bonds is 7. The molecular formula is C22H23NO5S2. The van der Waals surface area contributed by atoms with Crippen LogP contribution >= 0.6 is 0 Å². The van der Waals surface area contributed by atoms with Crippen LogP contribution in [0.1, 0.15) is 22.8 Å². The van der Waals surface area contributed by atoms with Gasteiger partial charge in [0.25, 0.3) is 0 Å². The summed E-state index contributed by atoms with van der Waals surface area (Å²) in [5.41, 5.74) is 1.45. The van der Waals surface area contributed by atoms with Crippen LogP contribution in [0, 0.1) is 13.8 Å². The second-order valence-corrected chi connectivity index (χ2v) is 10.6. The lowest BCUT2D eigenvalue weighted by molar-refractivity contribution is 0.182. The number of sulfone groups is 1. The van der Waals surface area contributed by atoms with Crippen molar-refractivity contribution in [3.05, 3.63) is 89.5 Å². The van der Waals surface area contributed by atoms with Gasteiger partial charge < -0.3 is 5.11 Å². The Kier molecular flexibility index (Phi) is 6.42. The van der Waals surface area contributed by atoms with Gasteiger partial charge in [0.1, 0.15) is 0 Å². The molecule has 1 atom stereocenters. The zero-order valence-corrected chi connectivity index (χ0v) is 18.2. The van der Waals surface area contributed by atoms with E-state index >= 15 is 0 Å². The average Bonchev–Trinajstić information content (AvgIpc) is 2.73. The Hall–Kier alpha value is -2.52. The fourth-order valence-corrected chi connectivity index (χ4v) is 6.07. The molecule has 0 aromatic heterocycles. The number of hydrogen-bond acceptors (Lipinski definition) is 5. The summed E-state index contributed by atoms with van der Waals surface area (Å²) in [6.45, 7) is 3.00. The molecule has 30 heavy (non-hydrogen) atoms. The fraction of sp³-hybridized carbons (Fsp3) is 0.182. The number of aliphatic hydroxyl groups excluding tert-OH is 1. The fourth-order valence-electron chi connectivity index (χ4n) is 3.18. The van der Waals surface area contributed by atoms with E-state index in [4.69, 9.17) is 0 Å². The Bertz CT molecular complexity index is 1240. The van der Waals surface area contributed by atoms with Gasteiger partial charge in [-0.05, 0) is 48.7 Å². The van der Waals surface area contributed by atoms with Crippen LogP contribution in [-0.2, 0) is 19.9 Å². The third-order valence-corrected chi connectivity index (χ3v) is 8.23. The third-order valence-electron chi connectivity index (χ3n) is 4.76. The molecule has 0 saturated heterocycles. The monoisotopic (exact) mass is 445 g/mol. The zero-order valence-electron chi connectivity index (χ0n) is 16.6. The zero-order chi connectivity index (χ0) is 21.9. The van der Waals surface area contributed by atoms with Crippen LogP contribution in [0.4, 0.5) is 0 Å². The van der Waals surface area contributed by atoms with Crippen LogP contribution in [0.25, 0.3) is 0 Å². The normalized spacial score (nSPS) is 13.2. The van der Waals surface area contributed by atoms with Gasteiger partial charge in [-0.3, -0.25) is 0 Å². The Balaban J connectivity index is 1.95. The molecule has 158 valence electrons. The Morgan fingerprint density at radius 2 is 1.33 bits per heavy atom. The van der Waals surface area contributed by atoms with Gasteiger partial charge in [0.05, 0.1) is 20.8 Å². The van der Waals surface area contributed by atoms with Crippen molar-refractivity contribution >= 4 is 19.9 Å². The van der Waals surface area contributed by atoms with Gasteiger partial charge in [0.15, 0.2) is 0 Å². The molecule has 0 spiro atoms. The first-order chi connectivity index (χ1) is 14.1. The quantitative estimate of drug-likeness (QED) is 0.582. The molecule has 0 fully saturated rings. The lowest BCUT2D eigenvalue weighted by Crippen LogP contribution is -2.29. The summed E-state index contributed by atoms with van der Waals surface area (Å²) in [4.78, 5) is -0.112. The Morgan fingerprint density at radius 1 is 0.800 bits per heavy atom. The number of benzene rings is 3. The summed E-state index contributed by atoms with van der Waals surface area (Å²) in [5.74, 6) is 0. The van der Waals surface area contributed by atoms with Crippen molar-refractivity contribution in [2.75, 3.05) is 6.54 Å². The van der Waals surface area contributed by atoms with Crippen molar-refractivity contribution in [2.45, 2.75) is 34.6 Å².